The second-order valence-corrected chi connectivity index (χ2v) is 3.48. The van der Waals surface area contributed by atoms with E-state index < -0.39 is 0 Å². The Morgan fingerprint density at radius 2 is 1.69 bits per heavy atom. The molecule has 0 atom stereocenters. The number of nitrogens with two attached hydrogens (primary N) is 1. The topological polar surface area (TPSA) is 38.4 Å². The van der Waals surface area contributed by atoms with Gasteiger partial charge in [-0.1, -0.05) is 35.8 Å². The standard InChI is InChI=1S/C13H11BN2/c14-11-5-7-12(8-6-11)16-9-10-3-1-2-4-13(10)15/h1-9H,15H2. The van der Waals surface area contributed by atoms with Crippen LogP contribution in [0.3, 0.4) is 0 Å². The van der Waals surface area contributed by atoms with Gasteiger partial charge in [-0.2, -0.15) is 0 Å². The minimum Gasteiger partial charge on any atom is -0.398 e. The van der Waals surface area contributed by atoms with Gasteiger partial charge in [0.25, 0.3) is 0 Å². The Balaban J connectivity index is 2.21. The average Bonchev–Trinajstić information content (AvgIpc) is 2.30. The Bertz CT molecular complexity index is 504. The van der Waals surface area contributed by atoms with Gasteiger partial charge in [-0.25, -0.2) is 0 Å². The minimum absolute atomic E-state index is 0.724. The first kappa shape index (κ1) is 10.5. The number of nitrogens with zero attached hydrogens (tertiary/aromatic N) is 1. The monoisotopic (exact) mass is 206 g/mol. The van der Waals surface area contributed by atoms with E-state index in [1.807, 2.05) is 48.5 Å². The molecule has 2 N–H and O–H groups in total. The summed E-state index contributed by atoms with van der Waals surface area (Å²) in [5.74, 6) is 0. The molecule has 0 aromatic heterocycles. The summed E-state index contributed by atoms with van der Waals surface area (Å²) in [4.78, 5) is 4.32. The molecule has 0 fully saturated rings. The van der Waals surface area contributed by atoms with Crippen LogP contribution in [-0.4, -0.2) is 14.1 Å². The van der Waals surface area contributed by atoms with Gasteiger partial charge < -0.3 is 5.73 Å². The van der Waals surface area contributed by atoms with Crippen molar-refractivity contribution in [1.82, 2.24) is 0 Å². The highest BCUT2D eigenvalue weighted by molar-refractivity contribution is 6.32. The van der Waals surface area contributed by atoms with Crippen LogP contribution in [0.1, 0.15) is 5.56 Å². The van der Waals surface area contributed by atoms with E-state index in [9.17, 15) is 0 Å². The average molecular weight is 206 g/mol. The molecule has 0 amide bonds. The third kappa shape index (κ3) is 2.51. The third-order valence-corrected chi connectivity index (χ3v) is 2.24. The highest BCUT2D eigenvalue weighted by atomic mass is 14.7. The summed E-state index contributed by atoms with van der Waals surface area (Å²) in [6.45, 7) is 0. The zero-order valence-electron chi connectivity index (χ0n) is 8.80. The Labute approximate surface area is 96.2 Å². The number of para-hydroxylation sites is 1. The van der Waals surface area contributed by atoms with Gasteiger partial charge in [-0.05, 0) is 18.2 Å². The Kier molecular flexibility index (Phi) is 3.06. The number of anilines is 1. The molecule has 0 bridgehead atoms. The molecule has 2 radical (unpaired) electrons. The molecular formula is C13H11BN2. The first-order valence-electron chi connectivity index (χ1n) is 5.00. The molecular weight excluding hydrogens is 195 g/mol. The lowest BCUT2D eigenvalue weighted by Gasteiger charge is -1.98. The van der Waals surface area contributed by atoms with E-state index in [1.165, 1.54) is 0 Å². The summed E-state index contributed by atoms with van der Waals surface area (Å²) in [5.41, 5.74) is 9.03. The van der Waals surface area contributed by atoms with Crippen molar-refractivity contribution in [3.63, 3.8) is 0 Å². The predicted octanol–water partition coefficient (Wildman–Crippen LogP) is 1.81. The van der Waals surface area contributed by atoms with Gasteiger partial charge in [0.05, 0.1) is 5.69 Å². The minimum atomic E-state index is 0.724. The maximum atomic E-state index is 5.80. The lowest BCUT2D eigenvalue weighted by atomic mass is 9.96. The zero-order valence-corrected chi connectivity index (χ0v) is 8.80. The second-order valence-electron chi connectivity index (χ2n) is 3.48. The number of nitrogen functional groups attached to an aromatic ring is 1. The fraction of sp³-hybridized carbons (Fsp3) is 0. The molecule has 0 saturated heterocycles. The highest BCUT2D eigenvalue weighted by Crippen LogP contribution is 2.12. The van der Waals surface area contributed by atoms with E-state index in [2.05, 4.69) is 4.99 Å². The maximum absolute atomic E-state index is 5.80. The van der Waals surface area contributed by atoms with Gasteiger partial charge in [-0.15, -0.1) is 0 Å². The van der Waals surface area contributed by atoms with Crippen LogP contribution >= 0.6 is 0 Å². The Morgan fingerprint density at radius 3 is 2.38 bits per heavy atom. The normalized spacial score (nSPS) is 10.8. The van der Waals surface area contributed by atoms with Gasteiger partial charge >= 0.3 is 0 Å². The Morgan fingerprint density at radius 1 is 1.00 bits per heavy atom. The zero-order chi connectivity index (χ0) is 11.4. The number of hydrogen-bond acceptors (Lipinski definition) is 2. The summed E-state index contributed by atoms with van der Waals surface area (Å²) < 4.78 is 0. The van der Waals surface area contributed by atoms with Crippen LogP contribution in [0.2, 0.25) is 0 Å². The molecule has 0 saturated carbocycles. The maximum Gasteiger partial charge on any atom is 0.113 e. The van der Waals surface area contributed by atoms with Gasteiger partial charge in [-0.3, -0.25) is 4.99 Å². The van der Waals surface area contributed by atoms with Crippen LogP contribution in [0.5, 0.6) is 0 Å². The van der Waals surface area contributed by atoms with Crippen molar-refractivity contribution in [3.05, 3.63) is 54.1 Å². The molecule has 3 heteroatoms. The van der Waals surface area contributed by atoms with Crippen LogP contribution in [-0.2, 0) is 0 Å². The van der Waals surface area contributed by atoms with Crippen molar-refractivity contribution in [1.29, 1.82) is 0 Å². The van der Waals surface area contributed by atoms with E-state index in [1.54, 1.807) is 6.21 Å². The fourth-order valence-corrected chi connectivity index (χ4v) is 1.33. The molecule has 0 heterocycles. The molecule has 2 aromatic carbocycles. The van der Waals surface area contributed by atoms with Crippen LogP contribution in [0.15, 0.2) is 53.5 Å². The summed E-state index contributed by atoms with van der Waals surface area (Å²) >= 11 is 0. The summed E-state index contributed by atoms with van der Waals surface area (Å²) in [6.07, 6.45) is 1.75. The molecule has 0 unspecified atom stereocenters. The third-order valence-electron chi connectivity index (χ3n) is 2.24. The quantitative estimate of drug-likeness (QED) is 0.454. The first-order chi connectivity index (χ1) is 7.75. The molecule has 2 aromatic rings. The van der Waals surface area contributed by atoms with Crippen molar-refractivity contribution < 1.29 is 0 Å². The van der Waals surface area contributed by atoms with E-state index in [4.69, 9.17) is 13.6 Å². The van der Waals surface area contributed by atoms with Crippen molar-refractivity contribution >= 4 is 30.9 Å². The van der Waals surface area contributed by atoms with E-state index in [0.29, 0.717) is 0 Å². The van der Waals surface area contributed by atoms with Gasteiger partial charge in [0.2, 0.25) is 0 Å². The fourth-order valence-electron chi connectivity index (χ4n) is 1.33. The van der Waals surface area contributed by atoms with Crippen molar-refractivity contribution in [2.75, 3.05) is 5.73 Å². The predicted molar refractivity (Wildman–Crippen MR) is 69.9 cm³/mol. The molecule has 0 aliphatic carbocycles. The number of rotatable bonds is 2. The molecule has 0 aliphatic heterocycles. The molecule has 0 aliphatic rings. The molecule has 0 spiro atoms. The van der Waals surface area contributed by atoms with Crippen molar-refractivity contribution in [3.8, 4) is 0 Å². The van der Waals surface area contributed by atoms with Gasteiger partial charge in [0.1, 0.15) is 7.85 Å². The number of benzene rings is 2. The number of hydrogen-bond donors (Lipinski definition) is 1. The summed E-state index contributed by atoms with van der Waals surface area (Å²) in [6, 6.07) is 15.0. The van der Waals surface area contributed by atoms with Crippen LogP contribution in [0.25, 0.3) is 0 Å². The van der Waals surface area contributed by atoms with Gasteiger partial charge in [0, 0.05) is 17.5 Å². The molecule has 2 nitrogen and oxygen atoms in total. The largest absolute Gasteiger partial charge is 0.398 e. The van der Waals surface area contributed by atoms with E-state index >= 15 is 0 Å². The van der Waals surface area contributed by atoms with Crippen LogP contribution < -0.4 is 11.2 Å². The van der Waals surface area contributed by atoms with Crippen LogP contribution in [0, 0.1) is 0 Å². The lowest BCUT2D eigenvalue weighted by Crippen LogP contribution is -1.98. The smallest absolute Gasteiger partial charge is 0.113 e. The summed E-state index contributed by atoms with van der Waals surface area (Å²) in [7, 11) is 5.59. The van der Waals surface area contributed by atoms with Crippen molar-refractivity contribution in [2.24, 2.45) is 4.99 Å². The summed E-state index contributed by atoms with van der Waals surface area (Å²) in [5, 5.41) is 0. The SMILES string of the molecule is [B]c1ccc(N=Cc2ccccc2N)cc1. The molecule has 76 valence electrons. The van der Waals surface area contributed by atoms with E-state index in [0.717, 1.165) is 22.4 Å². The Hall–Kier alpha value is -2.03. The van der Waals surface area contributed by atoms with E-state index in [-0.39, 0.29) is 0 Å². The van der Waals surface area contributed by atoms with Gasteiger partial charge in [0.15, 0.2) is 0 Å². The molecule has 2 rings (SSSR count). The molecule has 16 heavy (non-hydrogen) atoms. The lowest BCUT2D eigenvalue weighted by molar-refractivity contribution is 1.54. The highest BCUT2D eigenvalue weighted by Gasteiger charge is 1.93. The van der Waals surface area contributed by atoms with Crippen molar-refractivity contribution in [2.45, 2.75) is 0 Å². The second kappa shape index (κ2) is 4.66. The van der Waals surface area contributed by atoms with Crippen LogP contribution in [0.4, 0.5) is 11.4 Å². The first-order valence-corrected chi connectivity index (χ1v) is 5.00. The number of aliphatic imine (C=N–C) groups is 1.